The van der Waals surface area contributed by atoms with Crippen LogP contribution >= 0.6 is 11.8 Å². The van der Waals surface area contributed by atoms with Gasteiger partial charge in [-0.1, -0.05) is 64.2 Å². The first-order valence-electron chi connectivity index (χ1n) is 6.10. The zero-order valence-electron chi connectivity index (χ0n) is 11.9. The first-order valence-corrected chi connectivity index (χ1v) is 10.3. The van der Waals surface area contributed by atoms with E-state index in [0.29, 0.717) is 5.04 Å². The van der Waals surface area contributed by atoms with Crippen LogP contribution in [0.1, 0.15) is 26.3 Å². The molecule has 0 amide bonds. The minimum Gasteiger partial charge on any atom is -0.139 e. The second kappa shape index (κ2) is 5.45. The van der Waals surface area contributed by atoms with Crippen LogP contribution in [-0.4, -0.2) is 14.3 Å². The molecule has 1 aromatic carbocycles. The molecule has 94 valence electrons. The Morgan fingerprint density at radius 2 is 1.65 bits per heavy atom. The fourth-order valence-electron chi connectivity index (χ4n) is 1.56. The van der Waals surface area contributed by atoms with E-state index < -0.39 is 8.07 Å². The van der Waals surface area contributed by atoms with Crippen molar-refractivity contribution in [1.82, 2.24) is 0 Å². The summed E-state index contributed by atoms with van der Waals surface area (Å²) in [6.45, 7) is 12.0. The Kier molecular flexibility index (Phi) is 4.67. The van der Waals surface area contributed by atoms with Gasteiger partial charge in [0.15, 0.2) is 0 Å². The lowest BCUT2D eigenvalue weighted by atomic mass is 10.2. The average Bonchev–Trinajstić information content (AvgIpc) is 2.25. The van der Waals surface area contributed by atoms with Gasteiger partial charge >= 0.3 is 0 Å². The second-order valence-electron chi connectivity index (χ2n) is 6.00. The Morgan fingerprint density at radius 1 is 1.12 bits per heavy atom. The van der Waals surface area contributed by atoms with E-state index in [1.165, 1.54) is 5.56 Å². The van der Waals surface area contributed by atoms with Gasteiger partial charge in [-0.05, 0) is 27.5 Å². The van der Waals surface area contributed by atoms with Crippen molar-refractivity contribution in [1.29, 1.82) is 0 Å². The minimum absolute atomic E-state index is 0.399. The smallest absolute Gasteiger partial charge is 0.0940 e. The molecule has 0 bridgehead atoms. The molecule has 0 nitrogen and oxygen atoms in total. The molecular weight excluding hydrogens is 240 g/mol. The number of benzene rings is 1. The molecule has 0 radical (unpaired) electrons. The molecule has 0 atom stereocenters. The van der Waals surface area contributed by atoms with Gasteiger partial charge in [0, 0.05) is 0 Å². The van der Waals surface area contributed by atoms with E-state index in [1.54, 1.807) is 4.53 Å². The molecule has 0 spiro atoms. The Labute approximate surface area is 112 Å². The molecule has 0 unspecified atom stereocenters. The SMILES string of the molecule is CSC(=Cc1ccccc1)[Si](C)(C)C(C)(C)C. The Balaban J connectivity index is 3.12. The molecule has 2 heteroatoms. The third kappa shape index (κ3) is 3.49. The lowest BCUT2D eigenvalue weighted by Crippen LogP contribution is -2.38. The van der Waals surface area contributed by atoms with Crippen LogP contribution in [-0.2, 0) is 0 Å². The van der Waals surface area contributed by atoms with Crippen LogP contribution in [0.15, 0.2) is 34.9 Å². The first-order chi connectivity index (χ1) is 7.79. The Bertz CT molecular complexity index is 385. The van der Waals surface area contributed by atoms with Crippen molar-refractivity contribution in [3.8, 4) is 0 Å². The Morgan fingerprint density at radius 3 is 2.06 bits per heavy atom. The number of hydrogen-bond acceptors (Lipinski definition) is 1. The number of rotatable bonds is 3. The van der Waals surface area contributed by atoms with Crippen LogP contribution in [0.2, 0.25) is 18.1 Å². The molecule has 1 rings (SSSR count). The van der Waals surface area contributed by atoms with E-state index in [1.807, 2.05) is 11.8 Å². The highest BCUT2D eigenvalue weighted by atomic mass is 32.2. The topological polar surface area (TPSA) is 0 Å². The predicted octanol–water partition coefficient (Wildman–Crippen LogP) is 5.44. The van der Waals surface area contributed by atoms with Gasteiger partial charge in [-0.15, -0.1) is 11.8 Å². The molecule has 1 aromatic rings. The summed E-state index contributed by atoms with van der Waals surface area (Å²) in [5.41, 5.74) is 1.32. The van der Waals surface area contributed by atoms with Crippen molar-refractivity contribution in [3.05, 3.63) is 40.4 Å². The van der Waals surface area contributed by atoms with Gasteiger partial charge in [0.2, 0.25) is 0 Å². The maximum Gasteiger partial charge on any atom is 0.0940 e. The van der Waals surface area contributed by atoms with E-state index in [2.05, 4.69) is 76.5 Å². The van der Waals surface area contributed by atoms with Crippen molar-refractivity contribution >= 4 is 25.9 Å². The summed E-state index contributed by atoms with van der Waals surface area (Å²) in [7, 11) is -1.39. The van der Waals surface area contributed by atoms with E-state index in [-0.39, 0.29) is 0 Å². The van der Waals surface area contributed by atoms with Gasteiger partial charge in [0.1, 0.15) is 0 Å². The van der Waals surface area contributed by atoms with Gasteiger partial charge in [-0.2, -0.15) is 0 Å². The van der Waals surface area contributed by atoms with Crippen LogP contribution < -0.4 is 0 Å². The highest BCUT2D eigenvalue weighted by Crippen LogP contribution is 2.44. The molecule has 0 heterocycles. The Hall–Kier alpha value is -0.473. The van der Waals surface area contributed by atoms with Crippen molar-refractivity contribution in [3.63, 3.8) is 0 Å². The summed E-state index contributed by atoms with van der Waals surface area (Å²) in [6, 6.07) is 10.7. The van der Waals surface area contributed by atoms with Gasteiger partial charge in [-0.3, -0.25) is 0 Å². The fraction of sp³-hybridized carbons (Fsp3) is 0.467. The average molecular weight is 265 g/mol. The molecule has 0 fully saturated rings. The summed E-state index contributed by atoms with van der Waals surface area (Å²) in [4.78, 5) is 0. The standard InChI is InChI=1S/C15H24SSi/c1-15(2,3)17(5,6)14(16-4)12-13-10-8-7-9-11-13/h7-12H,1-6H3. The molecule has 0 saturated carbocycles. The van der Waals surface area contributed by atoms with E-state index >= 15 is 0 Å². The lowest BCUT2D eigenvalue weighted by molar-refractivity contribution is 0.728. The predicted molar refractivity (Wildman–Crippen MR) is 85.1 cm³/mol. The second-order valence-corrected chi connectivity index (χ2v) is 12.5. The molecule has 17 heavy (non-hydrogen) atoms. The largest absolute Gasteiger partial charge is 0.139 e. The van der Waals surface area contributed by atoms with Gasteiger partial charge < -0.3 is 0 Å². The molecule has 0 aliphatic heterocycles. The zero-order chi connectivity index (χ0) is 13.1. The summed E-state index contributed by atoms with van der Waals surface area (Å²) in [5, 5.41) is 0.399. The van der Waals surface area contributed by atoms with Crippen LogP contribution in [0.5, 0.6) is 0 Å². The van der Waals surface area contributed by atoms with Gasteiger partial charge in [0.25, 0.3) is 0 Å². The monoisotopic (exact) mass is 264 g/mol. The third-order valence-electron chi connectivity index (χ3n) is 3.81. The van der Waals surface area contributed by atoms with Crippen LogP contribution in [0.25, 0.3) is 6.08 Å². The molecular formula is C15H24SSi. The van der Waals surface area contributed by atoms with Crippen molar-refractivity contribution in [2.45, 2.75) is 38.9 Å². The van der Waals surface area contributed by atoms with E-state index in [0.717, 1.165) is 0 Å². The summed E-state index contributed by atoms with van der Waals surface area (Å²) in [6.07, 6.45) is 4.58. The maximum atomic E-state index is 2.47. The highest BCUT2D eigenvalue weighted by molar-refractivity contribution is 8.04. The van der Waals surface area contributed by atoms with Crippen LogP contribution in [0.4, 0.5) is 0 Å². The number of thioether (sulfide) groups is 1. The number of hydrogen-bond donors (Lipinski definition) is 0. The van der Waals surface area contributed by atoms with Gasteiger partial charge in [-0.25, -0.2) is 0 Å². The third-order valence-corrected chi connectivity index (χ3v) is 11.6. The fourth-order valence-corrected chi connectivity index (χ4v) is 6.05. The van der Waals surface area contributed by atoms with E-state index in [9.17, 15) is 0 Å². The first kappa shape index (κ1) is 14.6. The molecule has 0 aromatic heterocycles. The van der Waals surface area contributed by atoms with E-state index in [4.69, 9.17) is 0 Å². The van der Waals surface area contributed by atoms with Gasteiger partial charge in [0.05, 0.1) is 8.07 Å². The van der Waals surface area contributed by atoms with Crippen LogP contribution in [0.3, 0.4) is 0 Å². The molecule has 0 saturated heterocycles. The van der Waals surface area contributed by atoms with Crippen molar-refractivity contribution < 1.29 is 0 Å². The maximum absolute atomic E-state index is 2.47. The molecule has 0 N–H and O–H groups in total. The van der Waals surface area contributed by atoms with Crippen molar-refractivity contribution in [2.24, 2.45) is 0 Å². The lowest BCUT2D eigenvalue weighted by Gasteiger charge is -2.38. The normalized spacial score (nSPS) is 13.9. The quantitative estimate of drug-likeness (QED) is 0.655. The summed E-state index contributed by atoms with van der Waals surface area (Å²) >= 11 is 1.92. The summed E-state index contributed by atoms with van der Waals surface area (Å²) < 4.78 is 1.58. The van der Waals surface area contributed by atoms with Crippen molar-refractivity contribution in [2.75, 3.05) is 6.26 Å². The molecule has 0 aliphatic rings. The molecule has 0 aliphatic carbocycles. The zero-order valence-corrected chi connectivity index (χ0v) is 13.7. The highest BCUT2D eigenvalue weighted by Gasteiger charge is 2.38. The summed E-state index contributed by atoms with van der Waals surface area (Å²) in [5.74, 6) is 0. The van der Waals surface area contributed by atoms with Crippen LogP contribution in [0, 0.1) is 0 Å². The minimum atomic E-state index is -1.39.